The van der Waals surface area contributed by atoms with Crippen LogP contribution in [-0.4, -0.2) is 27.8 Å². The number of anilines is 1. The molecule has 0 saturated heterocycles. The van der Waals surface area contributed by atoms with Crippen LogP contribution in [0.3, 0.4) is 0 Å². The Morgan fingerprint density at radius 1 is 1.23 bits per heavy atom. The second-order valence-electron chi connectivity index (χ2n) is 7.07. The van der Waals surface area contributed by atoms with Gasteiger partial charge in [0.2, 0.25) is 11.0 Å². The van der Waals surface area contributed by atoms with Crippen LogP contribution in [0.5, 0.6) is 5.75 Å². The van der Waals surface area contributed by atoms with Crippen molar-refractivity contribution in [3.63, 3.8) is 0 Å². The minimum absolute atomic E-state index is 0.0375. The second kappa shape index (κ2) is 7.47. The highest BCUT2D eigenvalue weighted by molar-refractivity contribution is 9.10. The highest BCUT2D eigenvalue weighted by atomic mass is 79.9. The summed E-state index contributed by atoms with van der Waals surface area (Å²) in [4.78, 5) is 17.3. The summed E-state index contributed by atoms with van der Waals surface area (Å²) < 4.78 is 10.0. The molecule has 0 saturated carbocycles. The molecule has 1 atom stereocenters. The third-order valence-electron chi connectivity index (χ3n) is 5.20. The van der Waals surface area contributed by atoms with E-state index >= 15 is 0 Å². The van der Waals surface area contributed by atoms with Gasteiger partial charge in [-0.2, -0.15) is 9.78 Å². The van der Waals surface area contributed by atoms with E-state index in [-0.39, 0.29) is 11.8 Å². The van der Waals surface area contributed by atoms with E-state index in [4.69, 9.17) is 14.8 Å². The molecule has 0 radical (unpaired) electrons. The summed E-state index contributed by atoms with van der Waals surface area (Å²) in [5, 5.41) is 8.50. The molecule has 6 nitrogen and oxygen atoms in total. The van der Waals surface area contributed by atoms with Crippen LogP contribution in [-0.2, 0) is 4.79 Å². The molecule has 1 N–H and O–H groups in total. The van der Waals surface area contributed by atoms with Crippen LogP contribution in [0.4, 0.5) is 5.82 Å². The number of nitrogens with one attached hydrogen (secondary N) is 1. The summed E-state index contributed by atoms with van der Waals surface area (Å²) >= 11 is 8.60. The maximum atomic E-state index is 12.6. The van der Waals surface area contributed by atoms with Crippen molar-refractivity contribution in [1.29, 1.82) is 0 Å². The molecule has 1 unspecified atom stereocenters. The molecule has 2 aromatic heterocycles. The van der Waals surface area contributed by atoms with E-state index in [0.29, 0.717) is 12.2 Å². The van der Waals surface area contributed by atoms with Crippen LogP contribution in [0.2, 0.25) is 0 Å². The zero-order valence-electron chi connectivity index (χ0n) is 16.1. The lowest BCUT2D eigenvalue weighted by Gasteiger charge is -2.24. The summed E-state index contributed by atoms with van der Waals surface area (Å²) in [5.74, 6) is 1.32. The molecule has 30 heavy (non-hydrogen) atoms. The molecule has 0 spiro atoms. The summed E-state index contributed by atoms with van der Waals surface area (Å²) in [7, 11) is 1.64. The Kier molecular flexibility index (Phi) is 4.91. The van der Waals surface area contributed by atoms with Crippen molar-refractivity contribution in [2.75, 3.05) is 12.4 Å². The fourth-order valence-electron chi connectivity index (χ4n) is 3.85. The van der Waals surface area contributed by atoms with Gasteiger partial charge in [-0.3, -0.25) is 4.79 Å². The number of nitrogens with zero attached hydrogens (tertiary/aromatic N) is 3. The predicted octanol–water partition coefficient (Wildman–Crippen LogP) is 5.80. The molecular weight excluding hydrogens is 532 g/mol. The first kappa shape index (κ1) is 19.7. The zero-order chi connectivity index (χ0) is 21.0. The van der Waals surface area contributed by atoms with E-state index in [1.54, 1.807) is 23.1 Å². The van der Waals surface area contributed by atoms with Crippen LogP contribution < -0.4 is 10.1 Å². The molecule has 0 fully saturated rings. The van der Waals surface area contributed by atoms with E-state index < -0.39 is 0 Å². The number of amides is 1. The lowest BCUT2D eigenvalue weighted by atomic mass is 9.86. The number of aromatic nitrogens is 3. The Morgan fingerprint density at radius 2 is 2.07 bits per heavy atom. The van der Waals surface area contributed by atoms with Gasteiger partial charge in [-0.15, -0.1) is 0 Å². The van der Waals surface area contributed by atoms with Crippen molar-refractivity contribution in [2.24, 2.45) is 0 Å². The Morgan fingerprint density at radius 3 is 2.83 bits per heavy atom. The average molecular weight is 548 g/mol. The smallest absolute Gasteiger partial charge is 0.226 e. The fraction of sp³-hybridized carbons (Fsp3) is 0.190. The van der Waals surface area contributed by atoms with Crippen LogP contribution >= 0.6 is 43.2 Å². The molecule has 1 aliphatic rings. The quantitative estimate of drug-likeness (QED) is 0.352. The van der Waals surface area contributed by atoms with Gasteiger partial charge in [-0.05, 0) is 58.7 Å². The topological polar surface area (TPSA) is 69.0 Å². The Bertz CT molecular complexity index is 1310. The minimum Gasteiger partial charge on any atom is -0.496 e. The van der Waals surface area contributed by atoms with Crippen molar-refractivity contribution in [2.45, 2.75) is 19.3 Å². The zero-order valence-corrected chi connectivity index (χ0v) is 20.1. The molecular formula is C21H16Br2N4O2S. The number of fused-ring (bicyclic) bond motifs is 2. The van der Waals surface area contributed by atoms with Gasteiger partial charge in [0.05, 0.1) is 27.5 Å². The van der Waals surface area contributed by atoms with E-state index in [2.05, 4.69) is 37.2 Å². The van der Waals surface area contributed by atoms with E-state index in [9.17, 15) is 4.79 Å². The van der Waals surface area contributed by atoms with Gasteiger partial charge in [0.15, 0.2) is 0 Å². The van der Waals surface area contributed by atoms with E-state index in [1.807, 2.05) is 43.3 Å². The standard InChI is InChI=1S/C21H16Br2N4O2S/c1-10-19-13(11-3-6-16(29-2)14(23)7-11)9-18(28)25-20(19)27(26-10)21-24-15-5-4-12(22)8-17(15)30-21/h3-8,13H,9H2,1-2H3,(H,25,28). The monoisotopic (exact) mass is 546 g/mol. The highest BCUT2D eigenvalue weighted by Crippen LogP contribution is 2.42. The number of hydrogen-bond acceptors (Lipinski definition) is 5. The number of aryl methyl sites for hydroxylation is 1. The van der Waals surface area contributed by atoms with Gasteiger partial charge in [0.1, 0.15) is 11.6 Å². The average Bonchev–Trinajstić information content (AvgIpc) is 3.27. The molecule has 0 bridgehead atoms. The number of methoxy groups -OCH3 is 1. The Balaban J connectivity index is 1.65. The number of ether oxygens (including phenoxy) is 1. The van der Waals surface area contributed by atoms with Crippen molar-refractivity contribution < 1.29 is 9.53 Å². The Hall–Kier alpha value is -2.23. The lowest BCUT2D eigenvalue weighted by molar-refractivity contribution is -0.116. The van der Waals surface area contributed by atoms with Gasteiger partial charge >= 0.3 is 0 Å². The lowest BCUT2D eigenvalue weighted by Crippen LogP contribution is -2.25. The maximum Gasteiger partial charge on any atom is 0.226 e. The number of rotatable bonds is 3. The first-order valence-electron chi connectivity index (χ1n) is 9.24. The number of halogens is 2. The molecule has 4 aromatic rings. The van der Waals surface area contributed by atoms with Gasteiger partial charge in [-0.25, -0.2) is 4.98 Å². The first-order valence-corrected chi connectivity index (χ1v) is 11.6. The summed E-state index contributed by atoms with van der Waals surface area (Å²) in [5.41, 5.74) is 3.84. The van der Waals surface area contributed by atoms with Crippen LogP contribution in [0.1, 0.15) is 29.2 Å². The minimum atomic E-state index is -0.0896. The summed E-state index contributed by atoms with van der Waals surface area (Å²) in [6.07, 6.45) is 0.366. The maximum absolute atomic E-state index is 12.6. The molecule has 1 amide bonds. The van der Waals surface area contributed by atoms with Crippen molar-refractivity contribution in [3.8, 4) is 10.9 Å². The molecule has 152 valence electrons. The molecule has 3 heterocycles. The SMILES string of the molecule is COc1ccc(C2CC(=O)Nc3c2c(C)nn3-c2nc3ccc(Br)cc3s2)cc1Br. The summed E-state index contributed by atoms with van der Waals surface area (Å²) in [6.45, 7) is 1.97. The van der Waals surface area contributed by atoms with Crippen molar-refractivity contribution >= 4 is 65.1 Å². The van der Waals surface area contributed by atoms with E-state index in [0.717, 1.165) is 46.9 Å². The number of thiazole rings is 1. The molecule has 0 aliphatic carbocycles. The molecule has 5 rings (SSSR count). The third kappa shape index (κ3) is 3.25. The fourth-order valence-corrected chi connectivity index (χ4v) is 5.88. The van der Waals surface area contributed by atoms with Gasteiger partial charge in [-0.1, -0.05) is 33.3 Å². The number of hydrogen-bond donors (Lipinski definition) is 1. The normalized spacial score (nSPS) is 15.9. The van der Waals surface area contributed by atoms with Gasteiger partial charge < -0.3 is 10.1 Å². The van der Waals surface area contributed by atoms with Crippen molar-refractivity contribution in [3.05, 3.63) is 62.2 Å². The number of carbonyl (C=O) groups is 1. The van der Waals surface area contributed by atoms with Gasteiger partial charge in [0, 0.05) is 22.4 Å². The second-order valence-corrected chi connectivity index (χ2v) is 9.85. The largest absolute Gasteiger partial charge is 0.496 e. The number of benzene rings is 2. The molecule has 1 aliphatic heterocycles. The van der Waals surface area contributed by atoms with Crippen molar-refractivity contribution in [1.82, 2.24) is 14.8 Å². The van der Waals surface area contributed by atoms with E-state index in [1.165, 1.54) is 0 Å². The van der Waals surface area contributed by atoms with Gasteiger partial charge in [0.25, 0.3) is 0 Å². The predicted molar refractivity (Wildman–Crippen MR) is 125 cm³/mol. The van der Waals surface area contributed by atoms with Crippen LogP contribution in [0.25, 0.3) is 15.3 Å². The molecule has 2 aromatic carbocycles. The Labute approximate surface area is 193 Å². The highest BCUT2D eigenvalue weighted by Gasteiger charge is 2.33. The first-order chi connectivity index (χ1) is 14.4. The molecule has 9 heteroatoms. The number of carbonyl (C=O) groups excluding carboxylic acids is 1. The summed E-state index contributed by atoms with van der Waals surface area (Å²) in [6, 6.07) is 11.9. The third-order valence-corrected chi connectivity index (χ3v) is 7.31. The van der Waals surface area contributed by atoms with Crippen LogP contribution in [0.15, 0.2) is 45.3 Å². The van der Waals surface area contributed by atoms with Crippen LogP contribution in [0, 0.1) is 6.92 Å².